The standard InChI is InChI=1S/C20H34N8O7/c1-10(29)16(28-17(31)12(22)4-2-3-5-21)19(33)26-13(6-11-8-24-9-25-11)18(32)27-14(20(34)35)7-15(23)30/h8-10,12-14,16,29H,2-7,21-22H2,1H3,(H2,23,30)(H,24,25)(H,26,33)(H,27,32)(H,28,31)(H,34,35). The third-order valence-corrected chi connectivity index (χ3v) is 5.00. The van der Waals surface area contributed by atoms with Crippen molar-refractivity contribution in [2.75, 3.05) is 6.54 Å². The number of aliphatic carboxylic acids is 1. The second-order valence-electron chi connectivity index (χ2n) is 8.03. The Morgan fingerprint density at radius 2 is 1.71 bits per heavy atom. The van der Waals surface area contributed by atoms with Crippen LogP contribution in [-0.2, 0) is 30.4 Å². The summed E-state index contributed by atoms with van der Waals surface area (Å²) in [6.07, 6.45) is 2.15. The zero-order valence-electron chi connectivity index (χ0n) is 19.4. The molecule has 0 saturated carbocycles. The average Bonchev–Trinajstić information content (AvgIpc) is 3.28. The van der Waals surface area contributed by atoms with Crippen LogP contribution >= 0.6 is 0 Å². The Kier molecular flexibility index (Phi) is 12.3. The minimum absolute atomic E-state index is 0.139. The highest BCUT2D eigenvalue weighted by molar-refractivity contribution is 5.95. The lowest BCUT2D eigenvalue weighted by Gasteiger charge is -2.26. The summed E-state index contributed by atoms with van der Waals surface area (Å²) in [6.45, 7) is 1.71. The third-order valence-electron chi connectivity index (χ3n) is 5.00. The zero-order valence-corrected chi connectivity index (χ0v) is 19.4. The fraction of sp³-hybridized carbons (Fsp3) is 0.600. The van der Waals surface area contributed by atoms with E-state index in [2.05, 4.69) is 25.9 Å². The number of nitrogens with one attached hydrogen (secondary N) is 4. The topological polar surface area (TPSA) is 269 Å². The second kappa shape index (κ2) is 14.6. The van der Waals surface area contributed by atoms with Gasteiger partial charge in [-0.15, -0.1) is 0 Å². The van der Waals surface area contributed by atoms with E-state index < -0.39 is 66.3 Å². The summed E-state index contributed by atoms with van der Waals surface area (Å²) in [4.78, 5) is 67.2. The van der Waals surface area contributed by atoms with E-state index in [1.54, 1.807) is 0 Å². The molecule has 0 fully saturated rings. The second-order valence-corrected chi connectivity index (χ2v) is 8.03. The lowest BCUT2D eigenvalue weighted by Crippen LogP contribution is -2.60. The first kappa shape index (κ1) is 29.5. The Bertz CT molecular complexity index is 862. The molecule has 1 aromatic rings. The first-order valence-electron chi connectivity index (χ1n) is 11.0. The molecule has 196 valence electrons. The monoisotopic (exact) mass is 498 g/mol. The van der Waals surface area contributed by atoms with Crippen molar-refractivity contribution in [3.05, 3.63) is 18.2 Å². The minimum atomic E-state index is -1.63. The van der Waals surface area contributed by atoms with E-state index in [9.17, 15) is 34.2 Å². The molecule has 5 unspecified atom stereocenters. The quantitative estimate of drug-likeness (QED) is 0.100. The number of amides is 4. The van der Waals surface area contributed by atoms with Crippen molar-refractivity contribution >= 4 is 29.6 Å². The highest BCUT2D eigenvalue weighted by Gasteiger charge is 2.33. The number of H-pyrrole nitrogens is 1. The van der Waals surface area contributed by atoms with E-state index in [1.807, 2.05) is 0 Å². The molecule has 4 amide bonds. The van der Waals surface area contributed by atoms with Crippen LogP contribution in [0.15, 0.2) is 12.5 Å². The van der Waals surface area contributed by atoms with Gasteiger partial charge >= 0.3 is 5.97 Å². The van der Waals surface area contributed by atoms with Gasteiger partial charge in [0.2, 0.25) is 23.6 Å². The number of nitrogens with zero attached hydrogens (tertiary/aromatic N) is 1. The molecule has 0 aliphatic heterocycles. The Hall–Kier alpha value is -3.56. The van der Waals surface area contributed by atoms with E-state index >= 15 is 0 Å². The minimum Gasteiger partial charge on any atom is -0.480 e. The molecule has 1 rings (SSSR count). The maximum Gasteiger partial charge on any atom is 0.326 e. The molecular formula is C20H34N8O7. The van der Waals surface area contributed by atoms with Crippen molar-refractivity contribution in [1.29, 1.82) is 0 Å². The van der Waals surface area contributed by atoms with Crippen LogP contribution in [0.5, 0.6) is 0 Å². The van der Waals surface area contributed by atoms with E-state index in [1.165, 1.54) is 19.4 Å². The van der Waals surface area contributed by atoms with Gasteiger partial charge in [-0.25, -0.2) is 9.78 Å². The molecule has 0 bridgehead atoms. The van der Waals surface area contributed by atoms with Gasteiger partial charge in [-0.1, -0.05) is 6.42 Å². The summed E-state index contributed by atoms with van der Waals surface area (Å²) >= 11 is 0. The number of primary amides is 1. The van der Waals surface area contributed by atoms with E-state index in [-0.39, 0.29) is 6.42 Å². The largest absolute Gasteiger partial charge is 0.480 e. The van der Waals surface area contributed by atoms with Crippen LogP contribution in [0.4, 0.5) is 0 Å². The summed E-state index contributed by atoms with van der Waals surface area (Å²) in [5.41, 5.74) is 16.7. The van der Waals surface area contributed by atoms with Crippen molar-refractivity contribution < 1.29 is 34.2 Å². The molecule has 15 heteroatoms. The number of carboxylic acids is 1. The number of nitrogens with two attached hydrogens (primary N) is 3. The summed E-state index contributed by atoms with van der Waals surface area (Å²) < 4.78 is 0. The van der Waals surface area contributed by atoms with Gasteiger partial charge in [0.25, 0.3) is 0 Å². The van der Waals surface area contributed by atoms with E-state index in [0.717, 1.165) is 0 Å². The van der Waals surface area contributed by atoms with Crippen molar-refractivity contribution in [3.8, 4) is 0 Å². The number of carbonyl (C=O) groups is 5. The number of unbranched alkanes of at least 4 members (excludes halogenated alkanes) is 1. The molecule has 0 saturated heterocycles. The SMILES string of the molecule is CC(O)C(NC(=O)C(N)CCCCN)C(=O)NC(Cc1cnc[nH]1)C(=O)NC(CC(N)=O)C(=O)O. The fourth-order valence-electron chi connectivity index (χ4n) is 3.07. The van der Waals surface area contributed by atoms with Gasteiger partial charge in [0.1, 0.15) is 18.1 Å². The number of hydrogen-bond acceptors (Lipinski definition) is 9. The molecule has 1 heterocycles. The highest BCUT2D eigenvalue weighted by Crippen LogP contribution is 2.05. The number of carbonyl (C=O) groups excluding carboxylic acids is 4. The number of hydrogen-bond donors (Lipinski definition) is 9. The van der Waals surface area contributed by atoms with Gasteiger partial charge in [0.05, 0.1) is 24.9 Å². The summed E-state index contributed by atoms with van der Waals surface area (Å²) in [6, 6.07) is -5.38. The molecule has 0 aliphatic carbocycles. The van der Waals surface area contributed by atoms with Gasteiger partial charge in [0, 0.05) is 18.3 Å². The molecule has 0 aliphatic rings. The highest BCUT2D eigenvalue weighted by atomic mass is 16.4. The maximum atomic E-state index is 12.9. The van der Waals surface area contributed by atoms with Crippen LogP contribution in [0.1, 0.15) is 38.3 Å². The van der Waals surface area contributed by atoms with Crippen molar-refractivity contribution in [3.63, 3.8) is 0 Å². The van der Waals surface area contributed by atoms with Crippen molar-refractivity contribution in [2.24, 2.45) is 17.2 Å². The van der Waals surface area contributed by atoms with Crippen LogP contribution in [0, 0.1) is 0 Å². The Morgan fingerprint density at radius 3 is 2.23 bits per heavy atom. The first-order chi connectivity index (χ1) is 16.5. The first-order valence-corrected chi connectivity index (χ1v) is 11.0. The Labute approximate surface area is 201 Å². The van der Waals surface area contributed by atoms with Gasteiger partial charge in [-0.2, -0.15) is 0 Å². The summed E-state index contributed by atoms with van der Waals surface area (Å²) in [5.74, 6) is -4.97. The van der Waals surface area contributed by atoms with Crippen LogP contribution in [0.3, 0.4) is 0 Å². The molecule has 5 atom stereocenters. The molecule has 0 spiro atoms. The van der Waals surface area contributed by atoms with Crippen LogP contribution in [0.2, 0.25) is 0 Å². The van der Waals surface area contributed by atoms with E-state index in [0.29, 0.717) is 31.5 Å². The normalized spacial score (nSPS) is 15.2. The predicted molar refractivity (Wildman–Crippen MR) is 122 cm³/mol. The third kappa shape index (κ3) is 10.5. The molecule has 0 radical (unpaired) electrons. The van der Waals surface area contributed by atoms with Crippen LogP contribution in [0.25, 0.3) is 0 Å². The Balaban J connectivity index is 2.98. The van der Waals surface area contributed by atoms with Crippen molar-refractivity contribution in [1.82, 2.24) is 25.9 Å². The Morgan fingerprint density at radius 1 is 1.06 bits per heavy atom. The smallest absolute Gasteiger partial charge is 0.326 e. The molecule has 12 N–H and O–H groups in total. The van der Waals surface area contributed by atoms with Crippen LogP contribution in [-0.4, -0.2) is 86.6 Å². The molecule has 35 heavy (non-hydrogen) atoms. The predicted octanol–water partition coefficient (Wildman–Crippen LogP) is -3.80. The lowest BCUT2D eigenvalue weighted by atomic mass is 10.1. The number of rotatable bonds is 16. The average molecular weight is 499 g/mol. The zero-order chi connectivity index (χ0) is 26.5. The summed E-state index contributed by atoms with van der Waals surface area (Å²) in [7, 11) is 0. The van der Waals surface area contributed by atoms with Gasteiger partial charge in [0.15, 0.2) is 0 Å². The van der Waals surface area contributed by atoms with E-state index in [4.69, 9.17) is 17.2 Å². The van der Waals surface area contributed by atoms with Crippen molar-refractivity contribution in [2.45, 2.75) is 69.3 Å². The number of aromatic nitrogens is 2. The van der Waals surface area contributed by atoms with Crippen LogP contribution < -0.4 is 33.2 Å². The molecule has 0 aromatic carbocycles. The van der Waals surface area contributed by atoms with Gasteiger partial charge in [-0.3, -0.25) is 19.2 Å². The van der Waals surface area contributed by atoms with Gasteiger partial charge in [-0.05, 0) is 26.3 Å². The number of aromatic amines is 1. The summed E-state index contributed by atoms with van der Waals surface area (Å²) in [5, 5.41) is 26.2. The lowest BCUT2D eigenvalue weighted by molar-refractivity contribution is -0.143. The molecule has 15 nitrogen and oxygen atoms in total. The van der Waals surface area contributed by atoms with Gasteiger partial charge < -0.3 is 48.3 Å². The molecular weight excluding hydrogens is 464 g/mol. The fourth-order valence-corrected chi connectivity index (χ4v) is 3.07. The molecule has 1 aromatic heterocycles. The number of imidazole rings is 1. The maximum absolute atomic E-state index is 12.9. The number of aliphatic hydroxyl groups is 1. The number of carboxylic acid groups (broad SMARTS) is 1. The number of aliphatic hydroxyl groups excluding tert-OH is 1.